The molecule has 0 aromatic rings. The van der Waals surface area contributed by atoms with Crippen LogP contribution in [0.2, 0.25) is 0 Å². The quantitative estimate of drug-likeness (QED) is 0.574. The lowest BCUT2D eigenvalue weighted by Gasteiger charge is -2.31. The van der Waals surface area contributed by atoms with E-state index >= 15 is 0 Å². The Morgan fingerprint density at radius 3 is 2.75 bits per heavy atom. The molecule has 2 saturated heterocycles. The van der Waals surface area contributed by atoms with Gasteiger partial charge in [-0.15, -0.1) is 12.4 Å². The van der Waals surface area contributed by atoms with Crippen molar-refractivity contribution >= 4 is 18.5 Å². The molecule has 2 aliphatic rings. The smallest absolute Gasteiger partial charge is 0.407 e. The van der Waals surface area contributed by atoms with E-state index < -0.39 is 0 Å². The van der Waals surface area contributed by atoms with Crippen LogP contribution in [-0.2, 0) is 4.74 Å². The van der Waals surface area contributed by atoms with Crippen molar-refractivity contribution < 1.29 is 9.53 Å². The highest BCUT2D eigenvalue weighted by Gasteiger charge is 2.38. The van der Waals surface area contributed by atoms with Crippen LogP contribution in [-0.4, -0.2) is 32.3 Å². The molecule has 12 heavy (non-hydrogen) atoms. The fraction of sp³-hybridized carbons (Fsp3) is 0.857. The number of carbonyl (C=O) groups is 1. The van der Waals surface area contributed by atoms with Gasteiger partial charge in [0.1, 0.15) is 6.61 Å². The summed E-state index contributed by atoms with van der Waals surface area (Å²) in [5.74, 6) is 0. The van der Waals surface area contributed by atoms with Crippen LogP contribution in [0.25, 0.3) is 0 Å². The number of rotatable bonds is 0. The summed E-state index contributed by atoms with van der Waals surface area (Å²) in [5, 5.41) is 5.98. The predicted octanol–water partition coefficient (Wildman–Crippen LogP) is 0.128. The monoisotopic (exact) mass is 192 g/mol. The molecule has 0 aromatic carbocycles. The third-order valence-corrected chi connectivity index (χ3v) is 2.45. The second-order valence-electron chi connectivity index (χ2n) is 3.36. The summed E-state index contributed by atoms with van der Waals surface area (Å²) in [6.45, 7) is 3.34. The first-order valence-corrected chi connectivity index (χ1v) is 3.92. The average Bonchev–Trinajstić information content (AvgIpc) is 2.45. The van der Waals surface area contributed by atoms with Crippen molar-refractivity contribution in [3.63, 3.8) is 0 Å². The number of nitrogens with one attached hydrogen (secondary N) is 2. The van der Waals surface area contributed by atoms with Gasteiger partial charge in [0.15, 0.2) is 0 Å². The van der Waals surface area contributed by atoms with E-state index in [1.807, 2.05) is 0 Å². The molecular weight excluding hydrogens is 180 g/mol. The molecule has 0 bridgehead atoms. The number of amides is 1. The third kappa shape index (κ3) is 1.64. The number of cyclic esters (lactones) is 1. The van der Waals surface area contributed by atoms with E-state index in [0.29, 0.717) is 6.61 Å². The van der Waals surface area contributed by atoms with Crippen molar-refractivity contribution in [3.05, 3.63) is 0 Å². The lowest BCUT2D eigenvalue weighted by molar-refractivity contribution is 0.0606. The molecule has 4 nitrogen and oxygen atoms in total. The molecule has 1 atom stereocenters. The van der Waals surface area contributed by atoms with Gasteiger partial charge in [-0.1, -0.05) is 0 Å². The van der Waals surface area contributed by atoms with Gasteiger partial charge in [0.05, 0.1) is 0 Å². The number of hydrogen-bond acceptors (Lipinski definition) is 3. The zero-order valence-corrected chi connectivity index (χ0v) is 7.58. The summed E-state index contributed by atoms with van der Waals surface area (Å²) in [6, 6.07) is 0. The van der Waals surface area contributed by atoms with E-state index in [2.05, 4.69) is 10.6 Å². The van der Waals surface area contributed by atoms with Crippen molar-refractivity contribution in [1.29, 1.82) is 0 Å². The number of hydrogen-bond donors (Lipinski definition) is 2. The van der Waals surface area contributed by atoms with Crippen LogP contribution in [0.15, 0.2) is 0 Å². The van der Waals surface area contributed by atoms with Gasteiger partial charge in [0.25, 0.3) is 0 Å². The Morgan fingerprint density at radius 1 is 1.42 bits per heavy atom. The SMILES string of the molecule is Cl.O=C1NCC2(CCNC2)CO1. The highest BCUT2D eigenvalue weighted by atomic mass is 35.5. The Bertz CT molecular complexity index is 168. The van der Waals surface area contributed by atoms with Gasteiger partial charge in [0.2, 0.25) is 0 Å². The molecule has 1 spiro atoms. The summed E-state index contributed by atoms with van der Waals surface area (Å²) in [4.78, 5) is 10.6. The maximum Gasteiger partial charge on any atom is 0.407 e. The Kier molecular flexibility index (Phi) is 2.80. The van der Waals surface area contributed by atoms with Crippen molar-refractivity contribution in [2.24, 2.45) is 5.41 Å². The first kappa shape index (κ1) is 9.61. The second-order valence-corrected chi connectivity index (χ2v) is 3.36. The van der Waals surface area contributed by atoms with E-state index in [1.54, 1.807) is 0 Å². The standard InChI is InChI=1S/C7H12N2O2.ClH/c10-6-9-4-7(5-11-6)1-2-8-3-7;/h8H,1-5H2,(H,9,10);1H. The molecule has 0 aliphatic carbocycles. The molecule has 0 aromatic heterocycles. The maximum absolute atomic E-state index is 10.6. The molecule has 2 rings (SSSR count). The lowest BCUT2D eigenvalue weighted by Crippen LogP contribution is -2.48. The number of alkyl carbamates (subject to hydrolysis) is 1. The minimum atomic E-state index is -0.275. The van der Waals surface area contributed by atoms with E-state index in [1.165, 1.54) is 0 Å². The van der Waals surface area contributed by atoms with Crippen LogP contribution >= 0.6 is 12.4 Å². The summed E-state index contributed by atoms with van der Waals surface area (Å²) in [7, 11) is 0. The van der Waals surface area contributed by atoms with E-state index in [0.717, 1.165) is 26.1 Å². The Balaban J connectivity index is 0.000000720. The first-order chi connectivity index (χ1) is 5.31. The summed E-state index contributed by atoms with van der Waals surface area (Å²) in [6.07, 6.45) is 0.829. The Labute approximate surface area is 77.4 Å². The zero-order chi connectivity index (χ0) is 7.73. The second kappa shape index (κ2) is 3.49. The van der Waals surface area contributed by atoms with E-state index in [9.17, 15) is 4.79 Å². The van der Waals surface area contributed by atoms with Crippen LogP contribution in [0.5, 0.6) is 0 Å². The summed E-state index contributed by atoms with van der Waals surface area (Å²) >= 11 is 0. The van der Waals surface area contributed by atoms with Crippen LogP contribution in [0.1, 0.15) is 6.42 Å². The normalized spacial score (nSPS) is 33.8. The molecule has 1 amide bonds. The maximum atomic E-state index is 10.6. The largest absolute Gasteiger partial charge is 0.449 e. The molecule has 70 valence electrons. The van der Waals surface area contributed by atoms with Gasteiger partial charge in [-0.2, -0.15) is 0 Å². The van der Waals surface area contributed by atoms with Crippen molar-refractivity contribution in [1.82, 2.24) is 10.6 Å². The molecule has 0 saturated carbocycles. The molecule has 2 heterocycles. The minimum absolute atomic E-state index is 0. The lowest BCUT2D eigenvalue weighted by atomic mass is 9.87. The van der Waals surface area contributed by atoms with Crippen LogP contribution in [0, 0.1) is 5.41 Å². The van der Waals surface area contributed by atoms with Crippen LogP contribution < -0.4 is 10.6 Å². The molecule has 2 fully saturated rings. The number of halogens is 1. The summed E-state index contributed by atoms with van der Waals surface area (Å²) < 4.78 is 4.93. The van der Waals surface area contributed by atoms with Gasteiger partial charge in [-0.3, -0.25) is 0 Å². The van der Waals surface area contributed by atoms with Crippen LogP contribution in [0.3, 0.4) is 0 Å². The van der Waals surface area contributed by atoms with Crippen molar-refractivity contribution in [2.75, 3.05) is 26.2 Å². The number of carbonyl (C=O) groups excluding carboxylic acids is 1. The third-order valence-electron chi connectivity index (χ3n) is 2.45. The average molecular weight is 193 g/mol. The topological polar surface area (TPSA) is 50.4 Å². The Morgan fingerprint density at radius 2 is 2.25 bits per heavy atom. The fourth-order valence-corrected chi connectivity index (χ4v) is 1.65. The molecule has 0 radical (unpaired) electrons. The van der Waals surface area contributed by atoms with Gasteiger partial charge in [-0.25, -0.2) is 4.79 Å². The van der Waals surface area contributed by atoms with Gasteiger partial charge in [-0.05, 0) is 13.0 Å². The highest BCUT2D eigenvalue weighted by Crippen LogP contribution is 2.26. The molecule has 2 aliphatic heterocycles. The molecule has 2 N–H and O–H groups in total. The molecular formula is C7H13ClN2O2. The van der Waals surface area contributed by atoms with Crippen molar-refractivity contribution in [3.8, 4) is 0 Å². The van der Waals surface area contributed by atoms with Gasteiger partial charge < -0.3 is 15.4 Å². The Hall–Kier alpha value is -0.480. The minimum Gasteiger partial charge on any atom is -0.449 e. The van der Waals surface area contributed by atoms with E-state index in [4.69, 9.17) is 4.74 Å². The van der Waals surface area contributed by atoms with Crippen LogP contribution in [0.4, 0.5) is 4.79 Å². The number of ether oxygens (including phenoxy) is 1. The first-order valence-electron chi connectivity index (χ1n) is 3.92. The van der Waals surface area contributed by atoms with Gasteiger partial charge in [0, 0.05) is 18.5 Å². The zero-order valence-electron chi connectivity index (χ0n) is 6.76. The molecule has 1 unspecified atom stereocenters. The van der Waals surface area contributed by atoms with Gasteiger partial charge >= 0.3 is 6.09 Å². The predicted molar refractivity (Wildman–Crippen MR) is 46.5 cm³/mol. The molecule has 5 heteroatoms. The van der Waals surface area contributed by atoms with Crippen molar-refractivity contribution in [2.45, 2.75) is 6.42 Å². The summed E-state index contributed by atoms with van der Waals surface area (Å²) in [5.41, 5.74) is 0.188. The fourth-order valence-electron chi connectivity index (χ4n) is 1.65. The highest BCUT2D eigenvalue weighted by molar-refractivity contribution is 5.85. The van der Waals surface area contributed by atoms with E-state index in [-0.39, 0.29) is 23.9 Å².